The summed E-state index contributed by atoms with van der Waals surface area (Å²) in [6.45, 7) is 5.10. The molecule has 1 fully saturated rings. The molecule has 1 saturated heterocycles. The molecule has 0 N–H and O–H groups in total. The van der Waals surface area contributed by atoms with Crippen molar-refractivity contribution in [3.8, 4) is 5.75 Å². The van der Waals surface area contributed by atoms with Crippen molar-refractivity contribution in [1.29, 1.82) is 0 Å². The van der Waals surface area contributed by atoms with E-state index in [1.807, 2.05) is 54.5 Å². The number of carbonyl (C=O) groups is 2. The third kappa shape index (κ3) is 5.10. The Morgan fingerprint density at radius 2 is 1.88 bits per heavy atom. The maximum absolute atomic E-state index is 12.9. The Kier molecular flexibility index (Phi) is 7.05. The highest BCUT2D eigenvalue weighted by Crippen LogP contribution is 2.33. The third-order valence-corrected chi connectivity index (χ3v) is 6.53. The molecule has 1 atom stereocenters. The zero-order valence-electron chi connectivity index (χ0n) is 18.9. The number of nitrogens with zero attached hydrogens (tertiary/aromatic N) is 4. The number of amides is 2. The summed E-state index contributed by atoms with van der Waals surface area (Å²) in [7, 11) is 1.90. The minimum absolute atomic E-state index is 0.0846. The van der Waals surface area contributed by atoms with Crippen LogP contribution in [0, 0.1) is 0 Å². The van der Waals surface area contributed by atoms with Gasteiger partial charge in [0.2, 0.25) is 5.91 Å². The largest absolute Gasteiger partial charge is 0.479 e. The molecule has 2 amide bonds. The van der Waals surface area contributed by atoms with Crippen LogP contribution in [0.5, 0.6) is 5.75 Å². The molecule has 1 aromatic carbocycles. The fourth-order valence-corrected chi connectivity index (χ4v) is 4.53. The van der Waals surface area contributed by atoms with Gasteiger partial charge in [-0.25, -0.2) is 0 Å². The number of carbonyl (C=O) groups excluding carboxylic acids is 2. The van der Waals surface area contributed by atoms with Crippen molar-refractivity contribution < 1.29 is 14.3 Å². The van der Waals surface area contributed by atoms with Crippen molar-refractivity contribution in [2.24, 2.45) is 0 Å². The maximum atomic E-state index is 12.9. The first-order chi connectivity index (χ1) is 15.5. The average molecular weight is 437 g/mol. The molecule has 7 nitrogen and oxygen atoms in total. The Bertz CT molecular complexity index is 928. The van der Waals surface area contributed by atoms with E-state index in [-0.39, 0.29) is 17.9 Å². The molecule has 0 saturated carbocycles. The molecule has 0 aliphatic carbocycles. The number of pyridine rings is 1. The summed E-state index contributed by atoms with van der Waals surface area (Å²) in [5.74, 6) is 0.681. The van der Waals surface area contributed by atoms with Gasteiger partial charge in [-0.2, -0.15) is 0 Å². The number of hydrogen-bond donors (Lipinski definition) is 0. The second kappa shape index (κ2) is 10.1. The molecule has 0 bridgehead atoms. The molecule has 170 valence electrons. The van der Waals surface area contributed by atoms with Gasteiger partial charge in [0.15, 0.2) is 6.10 Å². The minimum atomic E-state index is -0.534. The van der Waals surface area contributed by atoms with Crippen molar-refractivity contribution in [3.63, 3.8) is 0 Å². The van der Waals surface area contributed by atoms with Crippen LogP contribution in [-0.2, 0) is 16.0 Å². The molecule has 2 aliphatic rings. The van der Waals surface area contributed by atoms with E-state index in [9.17, 15) is 9.59 Å². The van der Waals surface area contributed by atoms with E-state index in [0.717, 1.165) is 50.3 Å². The zero-order valence-corrected chi connectivity index (χ0v) is 18.9. The van der Waals surface area contributed by atoms with Crippen LogP contribution in [0.4, 0.5) is 5.69 Å². The number of piperidine rings is 1. The molecule has 0 spiro atoms. The number of ether oxygens (including phenoxy) is 1. The molecule has 7 heteroatoms. The minimum Gasteiger partial charge on any atom is -0.479 e. The first-order valence-electron chi connectivity index (χ1n) is 11.5. The lowest BCUT2D eigenvalue weighted by Crippen LogP contribution is -2.48. The number of fused-ring (bicyclic) bond motifs is 1. The van der Waals surface area contributed by atoms with Crippen LogP contribution in [0.25, 0.3) is 0 Å². The summed E-state index contributed by atoms with van der Waals surface area (Å²) in [5.41, 5.74) is 1.86. The summed E-state index contributed by atoms with van der Waals surface area (Å²) in [6.07, 6.45) is 4.51. The quantitative estimate of drug-likeness (QED) is 0.668. The maximum Gasteiger partial charge on any atom is 0.267 e. The second-order valence-corrected chi connectivity index (χ2v) is 8.62. The Labute approximate surface area is 190 Å². The van der Waals surface area contributed by atoms with Crippen LogP contribution in [0.1, 0.15) is 31.9 Å². The summed E-state index contributed by atoms with van der Waals surface area (Å²) in [4.78, 5) is 36.0. The smallest absolute Gasteiger partial charge is 0.267 e. The van der Waals surface area contributed by atoms with Gasteiger partial charge in [0.05, 0.1) is 5.69 Å². The monoisotopic (exact) mass is 436 g/mol. The summed E-state index contributed by atoms with van der Waals surface area (Å²) >= 11 is 0. The molecule has 4 rings (SSSR count). The fourth-order valence-electron chi connectivity index (χ4n) is 4.53. The number of anilines is 1. The topological polar surface area (TPSA) is 66.0 Å². The van der Waals surface area contributed by atoms with Crippen molar-refractivity contribution in [3.05, 3.63) is 54.4 Å². The van der Waals surface area contributed by atoms with Crippen LogP contribution in [0.3, 0.4) is 0 Å². The predicted molar refractivity (Wildman–Crippen MR) is 124 cm³/mol. The van der Waals surface area contributed by atoms with Gasteiger partial charge in [-0.05, 0) is 44.0 Å². The van der Waals surface area contributed by atoms with E-state index in [1.54, 1.807) is 11.8 Å². The molecular formula is C25H32N4O3. The highest BCUT2D eigenvalue weighted by atomic mass is 16.5. The molecule has 1 aromatic heterocycles. The Morgan fingerprint density at radius 1 is 1.12 bits per heavy atom. The Balaban J connectivity index is 1.25. The van der Waals surface area contributed by atoms with E-state index in [2.05, 4.69) is 16.0 Å². The molecule has 3 heterocycles. The normalized spacial score (nSPS) is 19.4. The van der Waals surface area contributed by atoms with Crippen LogP contribution >= 0.6 is 0 Å². The Hall–Kier alpha value is -2.93. The van der Waals surface area contributed by atoms with Crippen molar-refractivity contribution >= 4 is 17.5 Å². The number of benzene rings is 1. The van der Waals surface area contributed by atoms with Crippen LogP contribution < -0.4 is 9.64 Å². The summed E-state index contributed by atoms with van der Waals surface area (Å²) in [5, 5.41) is 0. The van der Waals surface area contributed by atoms with Crippen LogP contribution in [-0.4, -0.2) is 72.0 Å². The van der Waals surface area contributed by atoms with Gasteiger partial charge in [-0.1, -0.05) is 18.2 Å². The number of para-hydroxylation sites is 2. The SMILES string of the molecule is CC1Oc2ccccc2N(CCC(=O)N(C)C2CCN(CCc3ccccn3)CC2)C1=O. The molecule has 1 unspecified atom stereocenters. The zero-order chi connectivity index (χ0) is 22.5. The molecule has 2 aromatic rings. The molecule has 0 radical (unpaired) electrons. The van der Waals surface area contributed by atoms with Gasteiger partial charge in [0.25, 0.3) is 5.91 Å². The van der Waals surface area contributed by atoms with E-state index >= 15 is 0 Å². The van der Waals surface area contributed by atoms with Gasteiger partial charge in [-0.15, -0.1) is 0 Å². The van der Waals surface area contributed by atoms with Crippen LogP contribution in [0.15, 0.2) is 48.7 Å². The lowest BCUT2D eigenvalue weighted by atomic mass is 10.0. The average Bonchev–Trinajstić information content (AvgIpc) is 2.83. The second-order valence-electron chi connectivity index (χ2n) is 8.62. The number of aromatic nitrogens is 1. The van der Waals surface area contributed by atoms with Crippen molar-refractivity contribution in [2.45, 2.75) is 44.8 Å². The molecule has 2 aliphatic heterocycles. The standard InChI is InChI=1S/C25H32N4O3/c1-19-25(31)29(22-8-3-4-9-23(22)32-19)18-13-24(30)27(2)21-11-16-28(17-12-21)15-10-20-7-5-6-14-26-20/h3-9,14,19,21H,10-13,15-18H2,1-2H3. The van der Waals surface area contributed by atoms with Crippen molar-refractivity contribution in [1.82, 2.24) is 14.8 Å². The highest BCUT2D eigenvalue weighted by molar-refractivity contribution is 6.00. The first-order valence-corrected chi connectivity index (χ1v) is 11.5. The first kappa shape index (κ1) is 22.3. The number of likely N-dealkylation sites (tertiary alicyclic amines) is 1. The predicted octanol–water partition coefficient (Wildman–Crippen LogP) is 2.75. The third-order valence-electron chi connectivity index (χ3n) is 6.53. The van der Waals surface area contributed by atoms with Gasteiger partial charge in [0, 0.05) is 64.0 Å². The molecule has 32 heavy (non-hydrogen) atoms. The fraction of sp³-hybridized carbons (Fsp3) is 0.480. The van der Waals surface area contributed by atoms with Gasteiger partial charge in [0.1, 0.15) is 5.75 Å². The lowest BCUT2D eigenvalue weighted by Gasteiger charge is -2.37. The van der Waals surface area contributed by atoms with Gasteiger partial charge >= 0.3 is 0 Å². The summed E-state index contributed by atoms with van der Waals surface area (Å²) < 4.78 is 5.69. The highest BCUT2D eigenvalue weighted by Gasteiger charge is 2.32. The van der Waals surface area contributed by atoms with Crippen LogP contribution in [0.2, 0.25) is 0 Å². The van der Waals surface area contributed by atoms with Crippen molar-refractivity contribution in [2.75, 3.05) is 38.1 Å². The van der Waals surface area contributed by atoms with Gasteiger partial charge in [-0.3, -0.25) is 14.6 Å². The van der Waals surface area contributed by atoms with E-state index in [1.165, 1.54) is 0 Å². The van der Waals surface area contributed by atoms with Gasteiger partial charge < -0.3 is 19.4 Å². The van der Waals surface area contributed by atoms with E-state index < -0.39 is 6.10 Å². The lowest BCUT2D eigenvalue weighted by molar-refractivity contribution is -0.132. The number of hydrogen-bond acceptors (Lipinski definition) is 5. The Morgan fingerprint density at radius 3 is 2.62 bits per heavy atom. The number of rotatable bonds is 7. The molecular weight excluding hydrogens is 404 g/mol. The van der Waals surface area contributed by atoms with E-state index in [4.69, 9.17) is 4.74 Å². The van der Waals surface area contributed by atoms with E-state index in [0.29, 0.717) is 18.7 Å². The summed E-state index contributed by atoms with van der Waals surface area (Å²) in [6, 6.07) is 13.8.